The van der Waals surface area contributed by atoms with Crippen LogP contribution in [0.3, 0.4) is 0 Å². The Hall–Kier alpha value is -2.53. The molecule has 0 atom stereocenters. The Labute approximate surface area is 149 Å². The second-order valence-corrected chi connectivity index (χ2v) is 6.58. The number of amides is 1. The van der Waals surface area contributed by atoms with Crippen molar-refractivity contribution < 1.29 is 14.3 Å². The van der Waals surface area contributed by atoms with Crippen LogP contribution in [0.5, 0.6) is 11.5 Å². The van der Waals surface area contributed by atoms with Crippen LogP contribution in [0.2, 0.25) is 0 Å². The monoisotopic (exact) mass is 343 g/mol. The molecular weight excluding hydrogens is 316 g/mol. The molecule has 0 aliphatic heterocycles. The van der Waals surface area contributed by atoms with Crippen LogP contribution in [0.1, 0.15) is 12.5 Å². The highest BCUT2D eigenvalue weighted by Crippen LogP contribution is 2.28. The molecule has 0 spiro atoms. The molecule has 134 valence electrons. The first-order valence-corrected chi connectivity index (χ1v) is 8.28. The van der Waals surface area contributed by atoms with Crippen molar-refractivity contribution in [3.63, 3.8) is 0 Å². The lowest BCUT2D eigenvalue weighted by Gasteiger charge is -2.29. The van der Waals surface area contributed by atoms with Gasteiger partial charge in [0.15, 0.2) is 11.5 Å². The average Bonchev–Trinajstić information content (AvgIpc) is 2.59. The Morgan fingerprint density at radius 3 is 2.20 bits per heavy atom. The van der Waals surface area contributed by atoms with Gasteiger partial charge < -0.3 is 14.8 Å². The molecule has 0 bridgehead atoms. The molecule has 1 N–H and O–H groups in total. The number of ether oxygens (including phenoxy) is 2. The summed E-state index contributed by atoms with van der Waals surface area (Å²) in [5, 5.41) is 2.79. The molecule has 0 aromatic heterocycles. The predicted molar refractivity (Wildman–Crippen MR) is 103 cm³/mol. The fourth-order valence-electron chi connectivity index (χ4n) is 2.73. The molecule has 2 aromatic rings. The summed E-state index contributed by atoms with van der Waals surface area (Å²) in [7, 11) is 7.64. The van der Waals surface area contributed by atoms with Gasteiger partial charge in [-0.15, -0.1) is 0 Å². The molecule has 0 aliphatic carbocycles. The van der Waals surface area contributed by atoms with E-state index in [0.717, 1.165) is 34.6 Å². The molecular formula is C20H27N2O3+. The molecule has 0 fully saturated rings. The van der Waals surface area contributed by atoms with Crippen LogP contribution in [-0.4, -0.2) is 40.8 Å². The fraction of sp³-hybridized carbons (Fsp3) is 0.350. The van der Waals surface area contributed by atoms with Crippen LogP contribution in [0.15, 0.2) is 42.5 Å². The van der Waals surface area contributed by atoms with Crippen molar-refractivity contribution in [3.05, 3.63) is 48.0 Å². The molecule has 2 aromatic carbocycles. The van der Waals surface area contributed by atoms with Gasteiger partial charge in [0.2, 0.25) is 5.91 Å². The van der Waals surface area contributed by atoms with Gasteiger partial charge >= 0.3 is 0 Å². The zero-order valence-electron chi connectivity index (χ0n) is 15.6. The third-order valence-corrected chi connectivity index (χ3v) is 4.29. The van der Waals surface area contributed by atoms with Gasteiger partial charge in [-0.3, -0.25) is 9.28 Å². The lowest BCUT2D eigenvalue weighted by atomic mass is 10.1. The number of nitrogens with one attached hydrogen (secondary N) is 1. The summed E-state index contributed by atoms with van der Waals surface area (Å²) in [6, 6.07) is 14.0. The molecule has 5 nitrogen and oxygen atoms in total. The lowest BCUT2D eigenvalue weighted by molar-refractivity contribution is -0.114. The van der Waals surface area contributed by atoms with Gasteiger partial charge in [-0.1, -0.05) is 6.07 Å². The van der Waals surface area contributed by atoms with E-state index in [1.807, 2.05) is 24.3 Å². The second kappa shape index (κ2) is 8.03. The summed E-state index contributed by atoms with van der Waals surface area (Å²) in [6.07, 6.45) is 0.917. The van der Waals surface area contributed by atoms with E-state index < -0.39 is 0 Å². The number of hydrogen-bond acceptors (Lipinski definition) is 3. The van der Waals surface area contributed by atoms with E-state index in [-0.39, 0.29) is 5.91 Å². The normalized spacial score (nSPS) is 11.1. The number of rotatable bonds is 7. The standard InChI is InChI=1S/C20H26N2O3/c1-15(23)21-17-7-9-18(10-8-17)22(2,3)13-12-16-6-11-19(24-4)20(14-16)25-5/h6-11,14H,12-13H2,1-5H3/p+1. The van der Waals surface area contributed by atoms with Crippen molar-refractivity contribution in [2.45, 2.75) is 13.3 Å². The van der Waals surface area contributed by atoms with Crippen molar-refractivity contribution in [2.24, 2.45) is 0 Å². The molecule has 1 amide bonds. The topological polar surface area (TPSA) is 47.6 Å². The van der Waals surface area contributed by atoms with E-state index in [1.165, 1.54) is 18.2 Å². The van der Waals surface area contributed by atoms with Crippen LogP contribution in [-0.2, 0) is 11.2 Å². The first-order valence-electron chi connectivity index (χ1n) is 8.28. The molecule has 0 aliphatic rings. The SMILES string of the molecule is COc1ccc(CC[N+](C)(C)c2ccc(NC(C)=O)cc2)cc1OC. The minimum atomic E-state index is -0.0602. The number of methoxy groups -OCH3 is 2. The van der Waals surface area contributed by atoms with Gasteiger partial charge in [0.25, 0.3) is 0 Å². The van der Waals surface area contributed by atoms with E-state index in [1.54, 1.807) is 14.2 Å². The first-order chi connectivity index (χ1) is 11.9. The number of benzene rings is 2. The van der Waals surface area contributed by atoms with Gasteiger partial charge in [-0.2, -0.15) is 0 Å². The largest absolute Gasteiger partial charge is 0.493 e. The van der Waals surface area contributed by atoms with Gasteiger partial charge in [0.1, 0.15) is 5.69 Å². The molecule has 0 saturated carbocycles. The number of anilines is 1. The average molecular weight is 343 g/mol. The summed E-state index contributed by atoms with van der Waals surface area (Å²) < 4.78 is 11.4. The Morgan fingerprint density at radius 2 is 1.64 bits per heavy atom. The molecule has 0 radical (unpaired) electrons. The molecule has 2 rings (SSSR count). The third kappa shape index (κ3) is 4.97. The number of quaternary nitrogens is 1. The molecule has 0 unspecified atom stereocenters. The smallest absolute Gasteiger partial charge is 0.221 e. The zero-order chi connectivity index (χ0) is 18.4. The maximum Gasteiger partial charge on any atom is 0.221 e. The van der Waals surface area contributed by atoms with Gasteiger partial charge in [0, 0.05) is 31.2 Å². The number of nitrogens with zero attached hydrogens (tertiary/aromatic N) is 1. The first kappa shape index (κ1) is 18.8. The predicted octanol–water partition coefficient (Wildman–Crippen LogP) is 3.47. The molecule has 0 saturated heterocycles. The summed E-state index contributed by atoms with van der Waals surface area (Å²) in [5.74, 6) is 1.44. The quantitative estimate of drug-likeness (QED) is 0.783. The second-order valence-electron chi connectivity index (χ2n) is 6.58. The van der Waals surface area contributed by atoms with Crippen molar-refractivity contribution in [1.29, 1.82) is 0 Å². The lowest BCUT2D eigenvalue weighted by Crippen LogP contribution is -2.42. The Balaban J connectivity index is 2.07. The van der Waals surface area contributed by atoms with E-state index in [4.69, 9.17) is 9.47 Å². The van der Waals surface area contributed by atoms with Crippen molar-refractivity contribution in [1.82, 2.24) is 4.48 Å². The van der Waals surface area contributed by atoms with Gasteiger partial charge in [0.05, 0.1) is 34.9 Å². The Kier molecular flexibility index (Phi) is 6.04. The van der Waals surface area contributed by atoms with Crippen molar-refractivity contribution >= 4 is 17.3 Å². The van der Waals surface area contributed by atoms with Crippen molar-refractivity contribution in [2.75, 3.05) is 40.2 Å². The highest BCUT2D eigenvalue weighted by molar-refractivity contribution is 5.88. The molecule has 5 heteroatoms. The number of carbonyl (C=O) groups is 1. The Bertz CT molecular complexity index is 724. The fourth-order valence-corrected chi connectivity index (χ4v) is 2.73. The maximum absolute atomic E-state index is 11.1. The van der Waals surface area contributed by atoms with Gasteiger partial charge in [-0.25, -0.2) is 0 Å². The van der Waals surface area contributed by atoms with Gasteiger partial charge in [-0.05, 0) is 29.8 Å². The number of likely N-dealkylation sites (N-methyl/N-ethyl adjacent to an activating group) is 1. The number of carbonyl (C=O) groups excluding carboxylic acids is 1. The van der Waals surface area contributed by atoms with E-state index in [2.05, 4.69) is 37.6 Å². The minimum absolute atomic E-state index is 0.0602. The summed E-state index contributed by atoms with van der Waals surface area (Å²) in [5.41, 5.74) is 3.21. The Morgan fingerprint density at radius 1 is 1.00 bits per heavy atom. The van der Waals surface area contributed by atoms with E-state index in [0.29, 0.717) is 0 Å². The summed E-state index contributed by atoms with van der Waals surface area (Å²) >= 11 is 0. The summed E-state index contributed by atoms with van der Waals surface area (Å²) in [6.45, 7) is 2.45. The molecule has 0 heterocycles. The van der Waals surface area contributed by atoms with E-state index in [9.17, 15) is 4.79 Å². The zero-order valence-corrected chi connectivity index (χ0v) is 15.6. The van der Waals surface area contributed by atoms with Crippen LogP contribution < -0.4 is 19.3 Å². The molecule has 25 heavy (non-hydrogen) atoms. The van der Waals surface area contributed by atoms with Crippen LogP contribution in [0, 0.1) is 0 Å². The summed E-state index contributed by atoms with van der Waals surface area (Å²) in [4.78, 5) is 11.1. The van der Waals surface area contributed by atoms with Crippen LogP contribution >= 0.6 is 0 Å². The third-order valence-electron chi connectivity index (χ3n) is 4.29. The number of hydrogen-bond donors (Lipinski definition) is 1. The highest BCUT2D eigenvalue weighted by Gasteiger charge is 2.19. The minimum Gasteiger partial charge on any atom is -0.493 e. The van der Waals surface area contributed by atoms with Crippen LogP contribution in [0.4, 0.5) is 11.4 Å². The van der Waals surface area contributed by atoms with Crippen LogP contribution in [0.25, 0.3) is 0 Å². The highest BCUT2D eigenvalue weighted by atomic mass is 16.5. The van der Waals surface area contributed by atoms with E-state index >= 15 is 0 Å². The maximum atomic E-state index is 11.1. The van der Waals surface area contributed by atoms with Crippen molar-refractivity contribution in [3.8, 4) is 11.5 Å².